The van der Waals surface area contributed by atoms with E-state index in [4.69, 9.17) is 8.83 Å². The Kier molecular flexibility index (Phi) is 5.67. The molecule has 0 spiro atoms. The molecule has 1 amide bonds. The van der Waals surface area contributed by atoms with E-state index in [-0.39, 0.29) is 17.7 Å². The number of amides is 1. The van der Waals surface area contributed by atoms with Gasteiger partial charge in [0, 0.05) is 36.4 Å². The number of benzene rings is 1. The van der Waals surface area contributed by atoms with Crippen LogP contribution in [-0.4, -0.2) is 22.0 Å². The van der Waals surface area contributed by atoms with E-state index in [1.165, 1.54) is 0 Å². The predicted octanol–water partition coefficient (Wildman–Crippen LogP) is 4.40. The minimum Gasteiger partial charge on any atom is -0.463 e. The number of aromatic nitrogens is 2. The van der Waals surface area contributed by atoms with Gasteiger partial charge in [0.1, 0.15) is 11.2 Å². The molecule has 7 heteroatoms. The van der Waals surface area contributed by atoms with E-state index in [1.54, 1.807) is 18.8 Å². The summed E-state index contributed by atoms with van der Waals surface area (Å²) in [6.45, 7) is 11.6. The summed E-state index contributed by atoms with van der Waals surface area (Å²) in [5.74, 6) is -0.205. The van der Waals surface area contributed by atoms with Gasteiger partial charge in [0.15, 0.2) is 0 Å². The van der Waals surface area contributed by atoms with Crippen LogP contribution in [0.1, 0.15) is 49.4 Å². The first kappa shape index (κ1) is 21.9. The number of carbonyl (C=O) groups excluding carboxylic acids is 1. The van der Waals surface area contributed by atoms with Crippen molar-refractivity contribution in [2.75, 3.05) is 6.54 Å². The first-order chi connectivity index (χ1) is 15.2. The molecule has 3 heterocycles. The first-order valence-corrected chi connectivity index (χ1v) is 10.9. The quantitative estimate of drug-likeness (QED) is 0.358. The molecule has 4 rings (SSSR count). The summed E-state index contributed by atoms with van der Waals surface area (Å²) < 4.78 is 13.6. The second-order valence-electron chi connectivity index (χ2n) is 9.34. The van der Waals surface area contributed by atoms with Crippen molar-refractivity contribution < 1.29 is 13.6 Å². The number of nitrogens with one attached hydrogen (secondary N) is 1. The van der Waals surface area contributed by atoms with E-state index in [0.717, 1.165) is 40.4 Å². The molecule has 1 N–H and O–H groups in total. The smallest absolute Gasteiger partial charge is 0.340 e. The Bertz CT molecular complexity index is 1340. The molecule has 4 aromatic rings. The number of hydrogen-bond donors (Lipinski definition) is 1. The maximum absolute atomic E-state index is 12.7. The summed E-state index contributed by atoms with van der Waals surface area (Å²) in [5, 5.41) is 4.68. The van der Waals surface area contributed by atoms with Gasteiger partial charge in [-0.05, 0) is 42.9 Å². The van der Waals surface area contributed by atoms with Crippen LogP contribution in [0.5, 0.6) is 0 Å². The lowest BCUT2D eigenvalue weighted by molar-refractivity contribution is -0.120. The van der Waals surface area contributed by atoms with Crippen molar-refractivity contribution in [2.24, 2.45) is 0 Å². The highest BCUT2D eigenvalue weighted by atomic mass is 16.4. The normalized spacial score (nSPS) is 12.0. The third-order valence-electron chi connectivity index (χ3n) is 5.90. The Morgan fingerprint density at radius 3 is 2.69 bits per heavy atom. The van der Waals surface area contributed by atoms with Crippen LogP contribution >= 0.6 is 0 Å². The van der Waals surface area contributed by atoms with E-state index in [2.05, 4.69) is 31.1 Å². The second kappa shape index (κ2) is 8.30. The molecule has 0 unspecified atom stereocenters. The van der Waals surface area contributed by atoms with Crippen molar-refractivity contribution in [3.05, 3.63) is 63.7 Å². The van der Waals surface area contributed by atoms with Crippen molar-refractivity contribution in [3.8, 4) is 0 Å². The molecule has 0 radical (unpaired) electrons. The lowest BCUT2D eigenvalue weighted by Crippen LogP contribution is -2.29. The number of imidazole rings is 1. The van der Waals surface area contributed by atoms with Crippen molar-refractivity contribution in [1.82, 2.24) is 14.9 Å². The van der Waals surface area contributed by atoms with Crippen LogP contribution in [0.2, 0.25) is 0 Å². The zero-order valence-corrected chi connectivity index (χ0v) is 19.2. The molecule has 168 valence electrons. The second-order valence-corrected chi connectivity index (χ2v) is 9.34. The number of rotatable bonds is 6. The minimum atomic E-state index is -0.482. The Morgan fingerprint density at radius 1 is 1.22 bits per heavy atom. The first-order valence-electron chi connectivity index (χ1n) is 10.9. The molecule has 0 saturated heterocycles. The summed E-state index contributed by atoms with van der Waals surface area (Å²) in [5.41, 5.74) is 3.81. The Labute approximate surface area is 186 Å². The summed E-state index contributed by atoms with van der Waals surface area (Å²) >= 11 is 0. The van der Waals surface area contributed by atoms with E-state index >= 15 is 0 Å². The third kappa shape index (κ3) is 4.07. The lowest BCUT2D eigenvalue weighted by Gasteiger charge is -2.17. The van der Waals surface area contributed by atoms with Crippen LogP contribution in [-0.2, 0) is 23.2 Å². The molecule has 0 aliphatic rings. The van der Waals surface area contributed by atoms with Gasteiger partial charge in [-0.3, -0.25) is 4.79 Å². The van der Waals surface area contributed by atoms with E-state index in [9.17, 15) is 9.59 Å². The van der Waals surface area contributed by atoms with Crippen molar-refractivity contribution in [1.29, 1.82) is 0 Å². The Balaban J connectivity index is 1.63. The number of aryl methyl sites for hydroxylation is 3. The number of furan rings is 1. The maximum Gasteiger partial charge on any atom is 0.340 e. The summed E-state index contributed by atoms with van der Waals surface area (Å²) in [7, 11) is 0. The van der Waals surface area contributed by atoms with E-state index in [1.807, 2.05) is 30.7 Å². The van der Waals surface area contributed by atoms with Gasteiger partial charge in [-0.1, -0.05) is 20.8 Å². The topological polar surface area (TPSA) is 90.3 Å². The summed E-state index contributed by atoms with van der Waals surface area (Å²) in [4.78, 5) is 29.2. The highest BCUT2D eigenvalue weighted by Crippen LogP contribution is 2.38. The van der Waals surface area contributed by atoms with Crippen LogP contribution in [0.4, 0.5) is 0 Å². The largest absolute Gasteiger partial charge is 0.463 e. The van der Waals surface area contributed by atoms with E-state index < -0.39 is 5.63 Å². The van der Waals surface area contributed by atoms with Gasteiger partial charge in [-0.25, -0.2) is 9.78 Å². The number of nitrogens with zero attached hydrogens (tertiary/aromatic N) is 2. The van der Waals surface area contributed by atoms with Gasteiger partial charge >= 0.3 is 5.63 Å². The molecule has 0 bridgehead atoms. The third-order valence-corrected chi connectivity index (χ3v) is 5.90. The minimum absolute atomic E-state index is 0.0304. The zero-order chi connectivity index (χ0) is 23.0. The zero-order valence-electron chi connectivity index (χ0n) is 19.2. The fourth-order valence-electron chi connectivity index (χ4n) is 4.18. The van der Waals surface area contributed by atoms with Gasteiger partial charge in [-0.2, -0.15) is 0 Å². The molecule has 0 aliphatic carbocycles. The SMILES string of the molecule is Cc1cc2oc(=O)c(CC(=O)NCCCn3ccnc3)c(C)c2c2occ(C(C)(C)C)c12. The standard InChI is InChI=1S/C25H29N3O4/c1-15-11-19-22(23-21(15)18(13-31-23)25(3,4)5)16(2)17(24(30)32-19)12-20(29)27-7-6-9-28-10-8-26-14-28/h8,10-11,13-14H,6-7,9,12H2,1-5H3,(H,27,29). The molecule has 32 heavy (non-hydrogen) atoms. The number of hydrogen-bond acceptors (Lipinski definition) is 5. The molecular formula is C25H29N3O4. The molecule has 0 atom stereocenters. The molecule has 0 saturated carbocycles. The van der Waals surface area contributed by atoms with E-state index in [0.29, 0.717) is 23.3 Å². The summed E-state index contributed by atoms with van der Waals surface area (Å²) in [6, 6.07) is 1.89. The van der Waals surface area contributed by atoms with Crippen LogP contribution in [0.15, 0.2) is 44.7 Å². The molecule has 0 aliphatic heterocycles. The molecule has 0 fully saturated rings. The highest BCUT2D eigenvalue weighted by molar-refractivity contribution is 6.07. The Morgan fingerprint density at radius 2 is 2.00 bits per heavy atom. The van der Waals surface area contributed by atoms with Crippen LogP contribution in [0.25, 0.3) is 21.9 Å². The maximum atomic E-state index is 12.7. The summed E-state index contributed by atoms with van der Waals surface area (Å²) in [6.07, 6.45) is 7.88. The Hall–Kier alpha value is -3.35. The average Bonchev–Trinajstić information content (AvgIpc) is 3.38. The fourth-order valence-corrected chi connectivity index (χ4v) is 4.18. The van der Waals surface area contributed by atoms with Crippen molar-refractivity contribution >= 4 is 27.8 Å². The lowest BCUT2D eigenvalue weighted by atomic mass is 9.85. The van der Waals surface area contributed by atoms with Gasteiger partial charge in [-0.15, -0.1) is 0 Å². The number of fused-ring (bicyclic) bond motifs is 3. The van der Waals surface area contributed by atoms with Crippen molar-refractivity contribution in [2.45, 2.75) is 59.4 Å². The predicted molar refractivity (Wildman–Crippen MR) is 124 cm³/mol. The molecular weight excluding hydrogens is 406 g/mol. The average molecular weight is 436 g/mol. The molecule has 1 aromatic carbocycles. The molecule has 3 aromatic heterocycles. The van der Waals surface area contributed by atoms with Crippen molar-refractivity contribution in [3.63, 3.8) is 0 Å². The van der Waals surface area contributed by atoms with Gasteiger partial charge in [0.25, 0.3) is 0 Å². The van der Waals surface area contributed by atoms with Crippen LogP contribution in [0.3, 0.4) is 0 Å². The molecule has 7 nitrogen and oxygen atoms in total. The van der Waals surface area contributed by atoms with Gasteiger partial charge in [0.2, 0.25) is 5.91 Å². The highest BCUT2D eigenvalue weighted by Gasteiger charge is 2.25. The van der Waals surface area contributed by atoms with Gasteiger partial charge < -0.3 is 18.7 Å². The van der Waals surface area contributed by atoms with Gasteiger partial charge in [0.05, 0.1) is 30.0 Å². The van der Waals surface area contributed by atoms with Crippen LogP contribution in [0, 0.1) is 13.8 Å². The fraction of sp³-hybridized carbons (Fsp3) is 0.400. The number of carbonyl (C=O) groups is 1. The monoisotopic (exact) mass is 435 g/mol. The van der Waals surface area contributed by atoms with Crippen LogP contribution < -0.4 is 10.9 Å².